The normalized spacial score (nSPS) is 12.4. The Bertz CT molecular complexity index is 810. The van der Waals surface area contributed by atoms with Crippen LogP contribution in [0, 0.1) is 13.8 Å². The Balaban J connectivity index is 2.05. The molecule has 0 unspecified atom stereocenters. The minimum atomic E-state index is -4.44. The van der Waals surface area contributed by atoms with E-state index in [0.29, 0.717) is 5.56 Å². The molecule has 3 nitrogen and oxygen atoms in total. The van der Waals surface area contributed by atoms with Crippen molar-refractivity contribution in [2.75, 3.05) is 6.61 Å². The Morgan fingerprint density at radius 3 is 2.21 bits per heavy atom. The topological polar surface area (TPSA) is 43.4 Å². The molecule has 0 aliphatic heterocycles. The molecule has 0 bridgehead atoms. The summed E-state index contributed by atoms with van der Waals surface area (Å²) >= 11 is 0. The minimum Gasteiger partial charge on any atom is -0.266 e. The molecule has 0 atom stereocenters. The van der Waals surface area contributed by atoms with Crippen LogP contribution >= 0.6 is 0 Å². The summed E-state index contributed by atoms with van der Waals surface area (Å²) in [5, 5.41) is 0. The second kappa shape index (κ2) is 6.94. The quantitative estimate of drug-likeness (QED) is 0.750. The SMILES string of the molecule is Cc1ccc(S(=O)(=O)OCCc2ccc(C)c(C(F)(F)F)c2)cc1. The van der Waals surface area contributed by atoms with Gasteiger partial charge in [0.05, 0.1) is 17.1 Å². The molecule has 0 heterocycles. The summed E-state index contributed by atoms with van der Waals surface area (Å²) in [6, 6.07) is 10.1. The first-order chi connectivity index (χ1) is 11.1. The Hall–Kier alpha value is -1.86. The summed E-state index contributed by atoms with van der Waals surface area (Å²) < 4.78 is 67.5. The van der Waals surface area contributed by atoms with Gasteiger partial charge in [0.25, 0.3) is 10.1 Å². The number of hydrogen-bond acceptors (Lipinski definition) is 3. The predicted octanol–water partition coefficient (Wildman–Crippen LogP) is 4.27. The largest absolute Gasteiger partial charge is 0.416 e. The fourth-order valence-corrected chi connectivity index (χ4v) is 3.08. The van der Waals surface area contributed by atoms with E-state index in [2.05, 4.69) is 0 Å². The maximum absolute atomic E-state index is 12.9. The third-order valence-electron chi connectivity index (χ3n) is 3.55. The highest BCUT2D eigenvalue weighted by molar-refractivity contribution is 7.86. The monoisotopic (exact) mass is 358 g/mol. The smallest absolute Gasteiger partial charge is 0.266 e. The van der Waals surface area contributed by atoms with E-state index in [1.165, 1.54) is 31.2 Å². The van der Waals surface area contributed by atoms with Crippen LogP contribution in [0.5, 0.6) is 0 Å². The zero-order chi connectivity index (χ0) is 18.0. The van der Waals surface area contributed by atoms with Crippen molar-refractivity contribution >= 4 is 10.1 Å². The second-order valence-electron chi connectivity index (χ2n) is 5.49. The Morgan fingerprint density at radius 2 is 1.62 bits per heavy atom. The molecule has 0 aliphatic rings. The van der Waals surface area contributed by atoms with Crippen molar-refractivity contribution in [3.8, 4) is 0 Å². The molecule has 7 heteroatoms. The van der Waals surface area contributed by atoms with E-state index in [0.717, 1.165) is 11.6 Å². The predicted molar refractivity (Wildman–Crippen MR) is 84.2 cm³/mol. The van der Waals surface area contributed by atoms with Crippen LogP contribution in [0.4, 0.5) is 13.2 Å². The standard InChI is InChI=1S/C17H17F3O3S/c1-12-3-7-15(8-4-12)24(21,22)23-10-9-14-6-5-13(2)16(11-14)17(18,19)20/h3-8,11H,9-10H2,1-2H3. The van der Waals surface area contributed by atoms with E-state index in [9.17, 15) is 21.6 Å². The number of aryl methyl sites for hydroxylation is 2. The summed E-state index contributed by atoms with van der Waals surface area (Å²) in [5.41, 5.74) is 0.682. The lowest BCUT2D eigenvalue weighted by Gasteiger charge is -2.12. The molecule has 0 N–H and O–H groups in total. The molecule has 2 aromatic carbocycles. The fraction of sp³-hybridized carbons (Fsp3) is 0.294. The Labute approximate surface area is 139 Å². The van der Waals surface area contributed by atoms with Crippen molar-refractivity contribution in [3.63, 3.8) is 0 Å². The van der Waals surface area contributed by atoms with Gasteiger partial charge in [0.1, 0.15) is 0 Å². The third-order valence-corrected chi connectivity index (χ3v) is 4.87. The number of benzene rings is 2. The molecule has 130 valence electrons. The average molecular weight is 358 g/mol. The summed E-state index contributed by atoms with van der Waals surface area (Å²) in [5.74, 6) is 0. The minimum absolute atomic E-state index is 0.0213. The summed E-state index contributed by atoms with van der Waals surface area (Å²) in [4.78, 5) is 0.0213. The van der Waals surface area contributed by atoms with Gasteiger partial charge in [-0.05, 0) is 49.6 Å². The zero-order valence-corrected chi connectivity index (χ0v) is 14.0. The van der Waals surface area contributed by atoms with Crippen molar-refractivity contribution in [2.45, 2.75) is 31.3 Å². The van der Waals surface area contributed by atoms with E-state index in [-0.39, 0.29) is 23.5 Å². The van der Waals surface area contributed by atoms with Crippen LogP contribution in [0.2, 0.25) is 0 Å². The van der Waals surface area contributed by atoms with Crippen LogP contribution in [0.25, 0.3) is 0 Å². The fourth-order valence-electron chi connectivity index (χ4n) is 2.17. The second-order valence-corrected chi connectivity index (χ2v) is 7.10. The Morgan fingerprint density at radius 1 is 1.00 bits per heavy atom. The van der Waals surface area contributed by atoms with E-state index < -0.39 is 21.9 Å². The summed E-state index contributed by atoms with van der Waals surface area (Å²) in [6.45, 7) is 2.98. The molecule has 0 aromatic heterocycles. The van der Waals surface area contributed by atoms with E-state index >= 15 is 0 Å². The van der Waals surface area contributed by atoms with Crippen LogP contribution < -0.4 is 0 Å². The van der Waals surface area contributed by atoms with Crippen LogP contribution in [0.1, 0.15) is 22.3 Å². The maximum Gasteiger partial charge on any atom is 0.416 e. The van der Waals surface area contributed by atoms with Crippen LogP contribution in [-0.2, 0) is 26.9 Å². The molecule has 24 heavy (non-hydrogen) atoms. The van der Waals surface area contributed by atoms with Crippen molar-refractivity contribution in [1.29, 1.82) is 0 Å². The average Bonchev–Trinajstić information content (AvgIpc) is 2.48. The molecular weight excluding hydrogens is 341 g/mol. The van der Waals surface area contributed by atoms with Gasteiger partial charge in [0.15, 0.2) is 0 Å². The van der Waals surface area contributed by atoms with Crippen LogP contribution in [0.15, 0.2) is 47.4 Å². The van der Waals surface area contributed by atoms with Gasteiger partial charge in [-0.1, -0.05) is 29.8 Å². The van der Waals surface area contributed by atoms with Gasteiger partial charge in [-0.25, -0.2) is 0 Å². The maximum atomic E-state index is 12.9. The van der Waals surface area contributed by atoms with Crippen molar-refractivity contribution in [1.82, 2.24) is 0 Å². The lowest BCUT2D eigenvalue weighted by atomic mass is 10.0. The van der Waals surface area contributed by atoms with Crippen LogP contribution in [-0.4, -0.2) is 15.0 Å². The molecule has 0 saturated carbocycles. The first-order valence-electron chi connectivity index (χ1n) is 7.22. The highest BCUT2D eigenvalue weighted by Crippen LogP contribution is 2.32. The number of rotatable bonds is 5. The third kappa shape index (κ3) is 4.58. The highest BCUT2D eigenvalue weighted by atomic mass is 32.2. The van der Waals surface area contributed by atoms with Gasteiger partial charge < -0.3 is 0 Å². The van der Waals surface area contributed by atoms with Gasteiger partial charge in [0, 0.05) is 0 Å². The van der Waals surface area contributed by atoms with Crippen LogP contribution in [0.3, 0.4) is 0 Å². The van der Waals surface area contributed by atoms with E-state index in [1.807, 2.05) is 6.92 Å². The van der Waals surface area contributed by atoms with Gasteiger partial charge in [-0.15, -0.1) is 0 Å². The first kappa shape index (κ1) is 18.5. The van der Waals surface area contributed by atoms with Crippen molar-refractivity contribution in [3.05, 3.63) is 64.7 Å². The summed E-state index contributed by atoms with van der Waals surface area (Å²) in [7, 11) is -3.92. The van der Waals surface area contributed by atoms with Gasteiger partial charge in [-0.2, -0.15) is 21.6 Å². The highest BCUT2D eigenvalue weighted by Gasteiger charge is 2.32. The molecule has 2 rings (SSSR count). The number of alkyl halides is 3. The molecule has 0 saturated heterocycles. The van der Waals surface area contributed by atoms with Crippen molar-refractivity contribution in [2.24, 2.45) is 0 Å². The van der Waals surface area contributed by atoms with E-state index in [4.69, 9.17) is 4.18 Å². The van der Waals surface area contributed by atoms with Gasteiger partial charge in [0.2, 0.25) is 0 Å². The molecule has 0 radical (unpaired) electrons. The number of halogens is 3. The summed E-state index contributed by atoms with van der Waals surface area (Å²) in [6.07, 6.45) is -4.37. The lowest BCUT2D eigenvalue weighted by Crippen LogP contribution is -2.11. The molecule has 0 amide bonds. The van der Waals surface area contributed by atoms with Gasteiger partial charge in [-0.3, -0.25) is 4.18 Å². The molecular formula is C17H17F3O3S. The number of hydrogen-bond donors (Lipinski definition) is 0. The van der Waals surface area contributed by atoms with Crippen molar-refractivity contribution < 1.29 is 25.8 Å². The first-order valence-corrected chi connectivity index (χ1v) is 8.63. The lowest BCUT2D eigenvalue weighted by molar-refractivity contribution is -0.138. The molecule has 0 spiro atoms. The molecule has 0 aliphatic carbocycles. The Kier molecular flexibility index (Phi) is 5.35. The van der Waals surface area contributed by atoms with Gasteiger partial charge >= 0.3 is 6.18 Å². The van der Waals surface area contributed by atoms with E-state index in [1.54, 1.807) is 12.1 Å². The molecule has 2 aromatic rings. The molecule has 0 fully saturated rings. The zero-order valence-electron chi connectivity index (χ0n) is 13.2.